The number of alkyl carbamates (subject to hydrolysis) is 1. The van der Waals surface area contributed by atoms with E-state index in [4.69, 9.17) is 11.2 Å². The van der Waals surface area contributed by atoms with Gasteiger partial charge in [-0.25, -0.2) is 4.79 Å². The van der Waals surface area contributed by atoms with Gasteiger partial charge in [0.05, 0.1) is 0 Å². The highest BCUT2D eigenvalue weighted by Crippen LogP contribution is 2.33. The molecule has 0 heterocycles. The molecule has 0 aliphatic carbocycles. The number of hydrogen-bond acceptors (Lipinski definition) is 4. The molecule has 0 spiro atoms. The van der Waals surface area contributed by atoms with Gasteiger partial charge in [0.15, 0.2) is 0 Å². The summed E-state index contributed by atoms with van der Waals surface area (Å²) in [6.45, 7) is 18.5. The molecule has 0 aliphatic heterocycles. The molecule has 0 aromatic heterocycles. The molecule has 0 fully saturated rings. The van der Waals surface area contributed by atoms with Gasteiger partial charge in [-0.3, -0.25) is 9.59 Å². The summed E-state index contributed by atoms with van der Waals surface area (Å²) in [5.41, 5.74) is -0.105. The van der Waals surface area contributed by atoms with E-state index in [1.165, 1.54) is 0 Å². The van der Waals surface area contributed by atoms with Crippen LogP contribution < -0.4 is 10.6 Å². The van der Waals surface area contributed by atoms with Gasteiger partial charge in [0, 0.05) is 17.1 Å². The van der Waals surface area contributed by atoms with Crippen LogP contribution in [0.1, 0.15) is 92.8 Å². The van der Waals surface area contributed by atoms with Crippen LogP contribution in [-0.2, 0) is 14.3 Å². The second kappa shape index (κ2) is 12.1. The molecule has 1 aromatic rings. The van der Waals surface area contributed by atoms with Gasteiger partial charge >= 0.3 is 6.09 Å². The van der Waals surface area contributed by atoms with E-state index in [-0.39, 0.29) is 23.8 Å². The molecule has 0 radical (unpaired) electrons. The van der Waals surface area contributed by atoms with Crippen LogP contribution in [0, 0.1) is 18.3 Å². The fourth-order valence-corrected chi connectivity index (χ4v) is 3.59. The molecular formula is C28H43N3O4. The number of nitrogens with one attached hydrogen (secondary N) is 2. The maximum atomic E-state index is 14.2. The Kier molecular flexibility index (Phi) is 10.4. The van der Waals surface area contributed by atoms with E-state index in [1.807, 2.05) is 48.5 Å². The Bertz CT molecular complexity index is 921. The Morgan fingerprint density at radius 2 is 1.54 bits per heavy atom. The maximum absolute atomic E-state index is 14.2. The Hall–Kier alpha value is -3.01. The van der Waals surface area contributed by atoms with Crippen molar-refractivity contribution < 1.29 is 19.1 Å². The summed E-state index contributed by atoms with van der Waals surface area (Å²) in [6, 6.07) is 5.12. The Balaban J connectivity index is 3.63. The second-order valence-electron chi connectivity index (χ2n) is 11.1. The highest BCUT2D eigenvalue weighted by molar-refractivity contribution is 5.93. The van der Waals surface area contributed by atoms with Gasteiger partial charge in [0.2, 0.25) is 11.8 Å². The van der Waals surface area contributed by atoms with E-state index in [0.29, 0.717) is 17.5 Å². The van der Waals surface area contributed by atoms with Gasteiger partial charge in [-0.05, 0) is 78.5 Å². The lowest BCUT2D eigenvalue weighted by molar-refractivity contribution is -0.150. The lowest BCUT2D eigenvalue weighted by Crippen LogP contribution is -2.60. The van der Waals surface area contributed by atoms with E-state index in [1.54, 1.807) is 49.9 Å². The highest BCUT2D eigenvalue weighted by Gasteiger charge is 2.43. The summed E-state index contributed by atoms with van der Waals surface area (Å²) < 4.78 is 5.41. The molecule has 0 saturated heterocycles. The van der Waals surface area contributed by atoms with Crippen molar-refractivity contribution in [2.75, 3.05) is 0 Å². The Morgan fingerprint density at radius 3 is 1.94 bits per heavy atom. The van der Waals surface area contributed by atoms with Crippen molar-refractivity contribution >= 4 is 17.9 Å². The van der Waals surface area contributed by atoms with Crippen molar-refractivity contribution in [2.24, 2.45) is 5.92 Å². The largest absolute Gasteiger partial charge is 0.444 e. The van der Waals surface area contributed by atoms with E-state index in [0.717, 1.165) is 0 Å². The zero-order valence-corrected chi connectivity index (χ0v) is 23.0. The average Bonchev–Trinajstić information content (AvgIpc) is 2.73. The molecule has 7 nitrogen and oxygen atoms in total. The molecule has 2 atom stereocenters. The molecule has 2 unspecified atom stereocenters. The number of ether oxygens (including phenoxy) is 1. The third-order valence-corrected chi connectivity index (χ3v) is 5.69. The van der Waals surface area contributed by atoms with E-state index >= 15 is 0 Å². The lowest BCUT2D eigenvalue weighted by atomic mass is 9.90. The molecular weight excluding hydrogens is 442 g/mol. The molecule has 7 heteroatoms. The van der Waals surface area contributed by atoms with E-state index < -0.39 is 29.3 Å². The number of nitrogens with zero attached hydrogens (tertiary/aromatic N) is 1. The van der Waals surface area contributed by atoms with Gasteiger partial charge < -0.3 is 20.3 Å². The zero-order valence-electron chi connectivity index (χ0n) is 23.0. The van der Waals surface area contributed by atoms with Crippen molar-refractivity contribution in [3.63, 3.8) is 0 Å². The lowest BCUT2D eigenvalue weighted by Gasteiger charge is -2.45. The minimum absolute atomic E-state index is 0.127. The number of carbonyl (C=O) groups excluding carboxylic acids is 3. The Morgan fingerprint density at radius 1 is 1.00 bits per heavy atom. The first-order valence-electron chi connectivity index (χ1n) is 12.2. The molecule has 1 rings (SSSR count). The highest BCUT2D eigenvalue weighted by atomic mass is 16.6. The van der Waals surface area contributed by atoms with Crippen LogP contribution in [0.4, 0.5) is 4.79 Å². The number of terminal acetylenes is 1. The Labute approximate surface area is 211 Å². The first kappa shape index (κ1) is 30.0. The smallest absolute Gasteiger partial charge is 0.408 e. The zero-order chi connectivity index (χ0) is 27.1. The van der Waals surface area contributed by atoms with Crippen molar-refractivity contribution in [1.29, 1.82) is 0 Å². The third kappa shape index (κ3) is 8.61. The SMILES string of the molecule is C#Cc1ccc(C(C(=O)NC(C)C)N(C(=O)C(NC(=O)OC(C)(C)C)C(C)C)C(C)(C)CC)cc1. The van der Waals surface area contributed by atoms with Crippen LogP contribution in [0.15, 0.2) is 24.3 Å². The van der Waals surface area contributed by atoms with Gasteiger partial charge in [-0.1, -0.05) is 38.8 Å². The number of rotatable bonds is 9. The van der Waals surface area contributed by atoms with Gasteiger partial charge in [0.1, 0.15) is 17.7 Å². The van der Waals surface area contributed by atoms with Crippen LogP contribution in [0.3, 0.4) is 0 Å². The molecule has 3 amide bonds. The van der Waals surface area contributed by atoms with Crippen LogP contribution >= 0.6 is 0 Å². The number of amides is 3. The van der Waals surface area contributed by atoms with Crippen LogP contribution in [0.25, 0.3) is 0 Å². The summed E-state index contributed by atoms with van der Waals surface area (Å²) in [7, 11) is 0. The number of benzene rings is 1. The van der Waals surface area contributed by atoms with Gasteiger partial charge in [-0.15, -0.1) is 6.42 Å². The maximum Gasteiger partial charge on any atom is 0.408 e. The summed E-state index contributed by atoms with van der Waals surface area (Å²) in [5, 5.41) is 5.70. The topological polar surface area (TPSA) is 87.7 Å². The summed E-state index contributed by atoms with van der Waals surface area (Å²) >= 11 is 0. The molecule has 194 valence electrons. The third-order valence-electron chi connectivity index (χ3n) is 5.69. The number of hydrogen-bond donors (Lipinski definition) is 2. The molecule has 0 bridgehead atoms. The van der Waals surface area contributed by atoms with Crippen molar-refractivity contribution in [3.8, 4) is 12.3 Å². The van der Waals surface area contributed by atoms with E-state index in [2.05, 4.69) is 16.6 Å². The standard InChI is InChI=1S/C28H43N3O4/c1-12-20-14-16-21(17-15-20)23(24(32)29-19(5)6)31(28(10,11)13-2)25(33)22(18(3)4)30-26(34)35-27(7,8)9/h1,14-19,22-23H,13H2,2-11H3,(H,29,32)(H,30,34). The summed E-state index contributed by atoms with van der Waals surface area (Å²) in [6.07, 6.45) is 5.42. The molecule has 0 saturated carbocycles. The fourth-order valence-electron chi connectivity index (χ4n) is 3.59. The number of carbonyl (C=O) groups is 3. The minimum atomic E-state index is -0.923. The van der Waals surface area contributed by atoms with Gasteiger partial charge in [-0.2, -0.15) is 0 Å². The quantitative estimate of drug-likeness (QED) is 0.492. The van der Waals surface area contributed by atoms with Crippen molar-refractivity contribution in [3.05, 3.63) is 35.4 Å². The first-order chi connectivity index (χ1) is 16.0. The molecule has 0 aliphatic rings. The minimum Gasteiger partial charge on any atom is -0.444 e. The predicted octanol–water partition coefficient (Wildman–Crippen LogP) is 4.80. The monoisotopic (exact) mass is 485 g/mol. The summed E-state index contributed by atoms with van der Waals surface area (Å²) in [5.74, 6) is 1.67. The second-order valence-corrected chi connectivity index (χ2v) is 11.1. The van der Waals surface area contributed by atoms with Crippen molar-refractivity contribution in [1.82, 2.24) is 15.5 Å². The van der Waals surface area contributed by atoms with Crippen LogP contribution in [-0.4, -0.2) is 46.0 Å². The normalized spacial score (nSPS) is 13.6. The van der Waals surface area contributed by atoms with Crippen LogP contribution in [0.2, 0.25) is 0 Å². The van der Waals surface area contributed by atoms with E-state index in [9.17, 15) is 14.4 Å². The molecule has 1 aromatic carbocycles. The van der Waals surface area contributed by atoms with Crippen LogP contribution in [0.5, 0.6) is 0 Å². The molecule has 2 N–H and O–H groups in total. The van der Waals surface area contributed by atoms with Crippen molar-refractivity contribution in [2.45, 2.75) is 105 Å². The fraction of sp³-hybridized carbons (Fsp3) is 0.607. The first-order valence-corrected chi connectivity index (χ1v) is 12.2. The average molecular weight is 486 g/mol. The predicted molar refractivity (Wildman–Crippen MR) is 140 cm³/mol. The molecule has 35 heavy (non-hydrogen) atoms. The van der Waals surface area contributed by atoms with Gasteiger partial charge in [0.25, 0.3) is 0 Å². The summed E-state index contributed by atoms with van der Waals surface area (Å²) in [4.78, 5) is 41.9.